The van der Waals surface area contributed by atoms with Gasteiger partial charge in [-0.3, -0.25) is 4.79 Å². The van der Waals surface area contributed by atoms with Gasteiger partial charge in [-0.25, -0.2) is 0 Å². The van der Waals surface area contributed by atoms with Gasteiger partial charge in [-0.1, -0.05) is 23.2 Å². The fourth-order valence-electron chi connectivity index (χ4n) is 2.44. The largest absolute Gasteiger partial charge is 0.352 e. The molecule has 0 saturated carbocycles. The van der Waals surface area contributed by atoms with E-state index < -0.39 is 0 Å². The molecule has 1 fully saturated rings. The number of hydrogen-bond donors (Lipinski definition) is 1. The lowest BCUT2D eigenvalue weighted by molar-refractivity contribution is 0.0953. The molecule has 0 bridgehead atoms. The van der Waals surface area contributed by atoms with Crippen molar-refractivity contribution in [2.45, 2.75) is 25.7 Å². The van der Waals surface area contributed by atoms with E-state index in [1.165, 1.54) is 25.9 Å². The van der Waals surface area contributed by atoms with Crippen LogP contribution < -0.4 is 5.32 Å². The molecule has 110 valence electrons. The van der Waals surface area contributed by atoms with Crippen LogP contribution in [0, 0.1) is 0 Å². The number of carbonyl (C=O) groups is 1. The summed E-state index contributed by atoms with van der Waals surface area (Å²) >= 11 is 11.9. The Morgan fingerprint density at radius 3 is 2.70 bits per heavy atom. The van der Waals surface area contributed by atoms with Gasteiger partial charge in [-0.05, 0) is 63.5 Å². The van der Waals surface area contributed by atoms with Gasteiger partial charge in [0.15, 0.2) is 0 Å². The molecular weight excluding hydrogens is 295 g/mol. The maximum atomic E-state index is 12.0. The summed E-state index contributed by atoms with van der Waals surface area (Å²) in [5.74, 6) is -0.154. The molecule has 0 atom stereocenters. The van der Waals surface area contributed by atoms with Crippen molar-refractivity contribution in [1.82, 2.24) is 10.2 Å². The molecule has 0 unspecified atom stereocenters. The smallest absolute Gasteiger partial charge is 0.252 e. The van der Waals surface area contributed by atoms with Crippen LogP contribution in [0.1, 0.15) is 36.0 Å². The van der Waals surface area contributed by atoms with Crippen molar-refractivity contribution in [2.24, 2.45) is 0 Å². The Bertz CT molecular complexity index is 459. The number of rotatable bonds is 6. The predicted molar refractivity (Wildman–Crippen MR) is 83.7 cm³/mol. The molecule has 0 radical (unpaired) electrons. The van der Waals surface area contributed by atoms with Crippen LogP contribution in [0.3, 0.4) is 0 Å². The standard InChI is InChI=1S/C15H20Cl2N2O/c16-12-5-6-14(17)13(11-12)15(20)18-7-1-2-8-19-9-3-4-10-19/h5-6,11H,1-4,7-10H2,(H,18,20). The molecule has 1 saturated heterocycles. The first-order valence-electron chi connectivity index (χ1n) is 7.12. The molecule has 2 rings (SSSR count). The Morgan fingerprint density at radius 2 is 1.95 bits per heavy atom. The second kappa shape index (κ2) is 7.87. The minimum absolute atomic E-state index is 0.154. The highest BCUT2D eigenvalue weighted by molar-refractivity contribution is 6.35. The van der Waals surface area contributed by atoms with Crippen molar-refractivity contribution < 1.29 is 4.79 Å². The van der Waals surface area contributed by atoms with Crippen molar-refractivity contribution in [2.75, 3.05) is 26.2 Å². The van der Waals surface area contributed by atoms with Gasteiger partial charge >= 0.3 is 0 Å². The summed E-state index contributed by atoms with van der Waals surface area (Å²) in [4.78, 5) is 14.5. The first kappa shape index (κ1) is 15.6. The summed E-state index contributed by atoms with van der Waals surface area (Å²) in [7, 11) is 0. The van der Waals surface area contributed by atoms with Crippen LogP contribution in [0.4, 0.5) is 0 Å². The van der Waals surface area contributed by atoms with Crippen LogP contribution in [-0.4, -0.2) is 37.0 Å². The molecule has 1 N–H and O–H groups in total. The van der Waals surface area contributed by atoms with Crippen LogP contribution in [-0.2, 0) is 0 Å². The van der Waals surface area contributed by atoms with E-state index in [0.29, 0.717) is 22.2 Å². The third kappa shape index (κ3) is 4.65. The lowest BCUT2D eigenvalue weighted by atomic mass is 10.2. The molecule has 1 aliphatic heterocycles. The van der Waals surface area contributed by atoms with Crippen molar-refractivity contribution in [1.29, 1.82) is 0 Å². The lowest BCUT2D eigenvalue weighted by Crippen LogP contribution is -2.26. The summed E-state index contributed by atoms with van der Waals surface area (Å²) in [6.45, 7) is 4.26. The number of hydrogen-bond acceptors (Lipinski definition) is 2. The maximum absolute atomic E-state index is 12.0. The summed E-state index contributed by atoms with van der Waals surface area (Å²) in [6.07, 6.45) is 4.75. The molecule has 1 heterocycles. The fourth-order valence-corrected chi connectivity index (χ4v) is 2.81. The van der Waals surface area contributed by atoms with E-state index in [2.05, 4.69) is 10.2 Å². The number of nitrogens with zero attached hydrogens (tertiary/aromatic N) is 1. The monoisotopic (exact) mass is 314 g/mol. The maximum Gasteiger partial charge on any atom is 0.252 e. The van der Waals surface area contributed by atoms with E-state index in [1.807, 2.05) is 0 Å². The van der Waals surface area contributed by atoms with Gasteiger partial charge in [0, 0.05) is 11.6 Å². The zero-order chi connectivity index (χ0) is 14.4. The van der Waals surface area contributed by atoms with Crippen LogP contribution >= 0.6 is 23.2 Å². The number of benzene rings is 1. The van der Waals surface area contributed by atoms with Crippen LogP contribution in [0.2, 0.25) is 10.0 Å². The zero-order valence-corrected chi connectivity index (χ0v) is 13.0. The van der Waals surface area contributed by atoms with Gasteiger partial charge in [-0.15, -0.1) is 0 Å². The topological polar surface area (TPSA) is 32.3 Å². The summed E-state index contributed by atoms with van der Waals surface area (Å²) in [5, 5.41) is 3.85. The Balaban J connectivity index is 1.68. The van der Waals surface area contributed by atoms with E-state index in [4.69, 9.17) is 23.2 Å². The normalized spacial score (nSPS) is 15.5. The minimum atomic E-state index is -0.154. The summed E-state index contributed by atoms with van der Waals surface area (Å²) in [5.41, 5.74) is 0.443. The Hall–Kier alpha value is -0.770. The highest BCUT2D eigenvalue weighted by Crippen LogP contribution is 2.20. The fraction of sp³-hybridized carbons (Fsp3) is 0.533. The molecule has 1 aromatic carbocycles. The Kier molecular flexibility index (Phi) is 6.14. The summed E-state index contributed by atoms with van der Waals surface area (Å²) in [6, 6.07) is 4.92. The third-order valence-corrected chi connectivity index (χ3v) is 4.12. The molecule has 0 spiro atoms. The number of carbonyl (C=O) groups excluding carboxylic acids is 1. The second-order valence-electron chi connectivity index (χ2n) is 5.14. The Morgan fingerprint density at radius 1 is 1.20 bits per heavy atom. The van der Waals surface area contributed by atoms with Gasteiger partial charge < -0.3 is 10.2 Å². The van der Waals surface area contributed by atoms with Crippen molar-refractivity contribution in [3.63, 3.8) is 0 Å². The number of nitrogens with one attached hydrogen (secondary N) is 1. The molecule has 20 heavy (non-hydrogen) atoms. The highest BCUT2D eigenvalue weighted by atomic mass is 35.5. The van der Waals surface area contributed by atoms with Crippen molar-refractivity contribution in [3.8, 4) is 0 Å². The van der Waals surface area contributed by atoms with E-state index in [0.717, 1.165) is 19.4 Å². The second-order valence-corrected chi connectivity index (χ2v) is 5.98. The molecule has 1 amide bonds. The van der Waals surface area contributed by atoms with Gasteiger partial charge in [0.1, 0.15) is 0 Å². The Labute approximate surface area is 130 Å². The van der Waals surface area contributed by atoms with Crippen LogP contribution in [0.5, 0.6) is 0 Å². The number of amides is 1. The third-order valence-electron chi connectivity index (χ3n) is 3.56. The van der Waals surface area contributed by atoms with Gasteiger partial charge in [0.2, 0.25) is 0 Å². The van der Waals surface area contributed by atoms with Gasteiger partial charge in [0.05, 0.1) is 10.6 Å². The average molecular weight is 315 g/mol. The number of unbranched alkanes of at least 4 members (excludes halogenated alkanes) is 1. The average Bonchev–Trinajstić information content (AvgIpc) is 2.94. The van der Waals surface area contributed by atoms with Crippen LogP contribution in [0.15, 0.2) is 18.2 Å². The molecule has 1 aliphatic rings. The SMILES string of the molecule is O=C(NCCCCN1CCCC1)c1cc(Cl)ccc1Cl. The number of halogens is 2. The van der Waals surface area contributed by atoms with E-state index in [1.54, 1.807) is 18.2 Å². The molecule has 5 heteroatoms. The quantitative estimate of drug-likeness (QED) is 0.814. The lowest BCUT2D eigenvalue weighted by Gasteiger charge is -2.14. The molecule has 3 nitrogen and oxygen atoms in total. The van der Waals surface area contributed by atoms with Crippen molar-refractivity contribution in [3.05, 3.63) is 33.8 Å². The highest BCUT2D eigenvalue weighted by Gasteiger charge is 2.12. The molecule has 0 aliphatic carbocycles. The molecule has 1 aromatic rings. The van der Waals surface area contributed by atoms with E-state index >= 15 is 0 Å². The first-order valence-corrected chi connectivity index (χ1v) is 7.88. The van der Waals surface area contributed by atoms with Gasteiger partial charge in [0.25, 0.3) is 5.91 Å². The van der Waals surface area contributed by atoms with E-state index in [-0.39, 0.29) is 5.91 Å². The molecular formula is C15H20Cl2N2O. The predicted octanol–water partition coefficient (Wildman–Crippen LogP) is 3.60. The zero-order valence-electron chi connectivity index (χ0n) is 11.5. The van der Waals surface area contributed by atoms with Crippen LogP contribution in [0.25, 0.3) is 0 Å². The van der Waals surface area contributed by atoms with Crippen molar-refractivity contribution >= 4 is 29.1 Å². The summed E-state index contributed by atoms with van der Waals surface area (Å²) < 4.78 is 0. The molecule has 0 aromatic heterocycles. The minimum Gasteiger partial charge on any atom is -0.352 e. The number of likely N-dealkylation sites (tertiary alicyclic amines) is 1. The first-order chi connectivity index (χ1) is 9.66. The van der Waals surface area contributed by atoms with Gasteiger partial charge in [-0.2, -0.15) is 0 Å². The van der Waals surface area contributed by atoms with E-state index in [9.17, 15) is 4.79 Å².